The van der Waals surface area contributed by atoms with E-state index < -0.39 is 15.9 Å². The number of rotatable bonds is 15. The lowest BCUT2D eigenvalue weighted by Crippen LogP contribution is -2.53. The summed E-state index contributed by atoms with van der Waals surface area (Å²) in [5, 5.41) is 4.40. The van der Waals surface area contributed by atoms with E-state index >= 15 is 0 Å². The summed E-state index contributed by atoms with van der Waals surface area (Å²) in [6.45, 7) is 11.3. The number of ether oxygens (including phenoxy) is 1. The van der Waals surface area contributed by atoms with E-state index in [4.69, 9.17) is 16.3 Å². The fraction of sp³-hybridized carbons (Fsp3) is 0.413. The van der Waals surface area contributed by atoms with E-state index in [1.165, 1.54) is 22.5 Å². The monoisotopic (exact) mass is 980 g/mol. The molecule has 4 aromatic rings. The molecule has 318 valence electrons. The summed E-state index contributed by atoms with van der Waals surface area (Å²) < 4.78 is 36.9. The van der Waals surface area contributed by atoms with E-state index in [0.29, 0.717) is 11.0 Å². The van der Waals surface area contributed by atoms with Gasteiger partial charge in [0, 0.05) is 132 Å². The molecule has 4 aromatic carbocycles. The van der Waals surface area contributed by atoms with Gasteiger partial charge in [-0.15, -0.1) is 11.8 Å². The molecule has 1 atom stereocenters. The van der Waals surface area contributed by atoms with Gasteiger partial charge in [0.2, 0.25) is 0 Å². The third-order valence-electron chi connectivity index (χ3n) is 12.3. The zero-order valence-electron chi connectivity index (χ0n) is 33.9. The molecule has 1 amide bonds. The van der Waals surface area contributed by atoms with Crippen molar-refractivity contribution in [2.75, 3.05) is 94.6 Å². The summed E-state index contributed by atoms with van der Waals surface area (Å²) in [4.78, 5) is 21.8. The lowest BCUT2D eigenvalue weighted by molar-refractivity contribution is 0.0370. The van der Waals surface area contributed by atoms with E-state index in [0.717, 1.165) is 120 Å². The van der Waals surface area contributed by atoms with Crippen LogP contribution in [-0.4, -0.2) is 118 Å². The summed E-state index contributed by atoms with van der Waals surface area (Å²) in [6, 6.07) is 32.8. The van der Waals surface area contributed by atoms with Gasteiger partial charge in [0.15, 0.2) is 0 Å². The maximum atomic E-state index is 13.4. The van der Waals surface area contributed by atoms with E-state index in [2.05, 4.69) is 75.0 Å². The Balaban J connectivity index is 0.839. The molecule has 3 heterocycles. The van der Waals surface area contributed by atoms with Gasteiger partial charge < -0.3 is 15.0 Å². The van der Waals surface area contributed by atoms with Crippen molar-refractivity contribution < 1.29 is 17.9 Å². The molecule has 3 aliphatic heterocycles. The van der Waals surface area contributed by atoms with Crippen LogP contribution in [0.4, 0.5) is 11.4 Å². The van der Waals surface area contributed by atoms with Crippen LogP contribution in [0.15, 0.2) is 118 Å². The van der Waals surface area contributed by atoms with Crippen molar-refractivity contribution >= 4 is 79.1 Å². The zero-order valence-corrected chi connectivity index (χ0v) is 38.5. The van der Waals surface area contributed by atoms with Gasteiger partial charge in [-0.25, -0.2) is 16.3 Å². The van der Waals surface area contributed by atoms with Gasteiger partial charge in [0.05, 0.1) is 18.1 Å². The molecule has 0 radical (unpaired) electrons. The molecule has 0 aromatic heterocycles. The van der Waals surface area contributed by atoms with Crippen LogP contribution in [0, 0.1) is 5.41 Å². The smallest absolute Gasteiger partial charge is 0.264 e. The van der Waals surface area contributed by atoms with Crippen LogP contribution in [0.25, 0.3) is 5.57 Å². The van der Waals surface area contributed by atoms with Crippen LogP contribution in [0.3, 0.4) is 0 Å². The van der Waals surface area contributed by atoms with Crippen LogP contribution < -0.4 is 14.9 Å². The highest BCUT2D eigenvalue weighted by atomic mass is 127. The topological polar surface area (TPSA) is 97.5 Å². The number of sulfonamides is 1. The number of benzene rings is 4. The number of allylic oxidation sites excluding steroid dienone is 1. The minimum Gasteiger partial charge on any atom is -0.381 e. The molecular weight excluding hydrogens is 927 g/mol. The number of nitrogens with zero attached hydrogens (tertiary/aromatic N) is 4. The molecule has 0 bridgehead atoms. The first-order chi connectivity index (χ1) is 29.1. The number of amides is 1. The first-order valence-corrected chi connectivity index (χ1v) is 24.8. The van der Waals surface area contributed by atoms with E-state index in [-0.39, 0.29) is 10.9 Å². The Morgan fingerprint density at radius 1 is 0.850 bits per heavy atom. The van der Waals surface area contributed by atoms with Gasteiger partial charge in [0.25, 0.3) is 15.9 Å². The number of carbonyl (C=O) groups is 1. The molecule has 4 aliphatic rings. The van der Waals surface area contributed by atoms with Crippen molar-refractivity contribution in [3.8, 4) is 0 Å². The van der Waals surface area contributed by atoms with Crippen LogP contribution in [-0.2, 0) is 14.8 Å². The Bertz CT molecular complexity index is 2190. The molecule has 3 saturated heterocycles. The third kappa shape index (κ3) is 11.3. The Morgan fingerprint density at radius 2 is 1.55 bits per heavy atom. The summed E-state index contributed by atoms with van der Waals surface area (Å²) in [7, 11) is -4.08. The van der Waals surface area contributed by atoms with Crippen molar-refractivity contribution in [2.24, 2.45) is 5.41 Å². The van der Waals surface area contributed by atoms with Gasteiger partial charge in [0.1, 0.15) is 0 Å². The highest BCUT2D eigenvalue weighted by molar-refractivity contribution is 14.1. The third-order valence-corrected chi connectivity index (χ3v) is 15.7. The van der Waals surface area contributed by atoms with Crippen LogP contribution in [0.1, 0.15) is 41.6 Å². The number of carbonyl (C=O) groups excluding carboxylic acids is 1. The highest BCUT2D eigenvalue weighted by Crippen LogP contribution is 2.49. The second kappa shape index (κ2) is 19.9. The van der Waals surface area contributed by atoms with Gasteiger partial charge in [-0.1, -0.05) is 47.5 Å². The van der Waals surface area contributed by atoms with Crippen molar-refractivity contribution in [1.29, 1.82) is 0 Å². The molecule has 1 spiro atoms. The lowest BCUT2D eigenvalue weighted by Gasteiger charge is -2.51. The first-order valence-electron chi connectivity index (χ1n) is 21.0. The number of morpholine rings is 1. The number of nitrogens with one attached hydrogen (secondary N) is 2. The predicted molar refractivity (Wildman–Crippen MR) is 253 cm³/mol. The number of anilines is 2. The number of thioether (sulfide) groups is 1. The largest absolute Gasteiger partial charge is 0.381 e. The van der Waals surface area contributed by atoms with E-state index in [9.17, 15) is 13.2 Å². The normalized spacial score (nSPS) is 19.5. The molecule has 2 N–H and O–H groups in total. The molecule has 0 unspecified atom stereocenters. The predicted octanol–water partition coefficient (Wildman–Crippen LogP) is 8.17. The van der Waals surface area contributed by atoms with Gasteiger partial charge in [-0.3, -0.25) is 14.6 Å². The highest BCUT2D eigenvalue weighted by Gasteiger charge is 2.45. The van der Waals surface area contributed by atoms with Gasteiger partial charge >= 0.3 is 0 Å². The average Bonchev–Trinajstić information content (AvgIpc) is 3.26. The Hall–Kier alpha value is -3.15. The minimum absolute atomic E-state index is 0.0403. The average molecular weight is 981 g/mol. The quantitative estimate of drug-likeness (QED) is 0.0691. The van der Waals surface area contributed by atoms with Crippen LogP contribution >= 0.6 is 46.2 Å². The van der Waals surface area contributed by atoms with Crippen molar-refractivity contribution in [3.05, 3.63) is 125 Å². The van der Waals surface area contributed by atoms with Gasteiger partial charge in [-0.05, 0) is 110 Å². The van der Waals surface area contributed by atoms with Crippen molar-refractivity contribution in [3.63, 3.8) is 0 Å². The molecule has 1 aliphatic carbocycles. The number of hydrogen-bond donors (Lipinski definition) is 2. The fourth-order valence-electron chi connectivity index (χ4n) is 8.85. The van der Waals surface area contributed by atoms with Gasteiger partial charge in [-0.2, -0.15) is 0 Å². The SMILES string of the molecule is O=C(NS(=O)(=O)c1ccc(N[C@H](CCN2CCOCC2)CSc2ccccc2)cc1)c1ccc(N2CCN(CC3=C(c4ccc(Cl)cc4)CCC4(C3)CN(I)C4)CC2)cc1. The van der Waals surface area contributed by atoms with E-state index in [1.54, 1.807) is 53.7 Å². The molecule has 8 rings (SSSR count). The second-order valence-corrected chi connectivity index (χ2v) is 21.1. The maximum absolute atomic E-state index is 13.4. The Labute approximate surface area is 378 Å². The standard InChI is InChI=1S/C46H54ClIN6O4S2/c47-38-10-6-35(7-11-38)44-18-20-46(33-54(48)34-46)30-37(44)31-52-22-24-53(25-23-52)41-14-8-36(9-15-41)45(55)50-60(56,57)43-16-12-39(13-17-43)49-40(19-21-51-26-28-58-29-27-51)32-59-42-4-2-1-3-5-42/h1-17,40,49H,18-34H2,(H,50,55)/t40-/m1/s1. The Morgan fingerprint density at radius 3 is 2.23 bits per heavy atom. The number of halogens is 2. The Kier molecular flexibility index (Phi) is 14.4. The summed E-state index contributed by atoms with van der Waals surface area (Å²) in [6.07, 6.45) is 4.43. The molecule has 14 heteroatoms. The van der Waals surface area contributed by atoms with Crippen LogP contribution in [0.2, 0.25) is 5.02 Å². The number of piperazine rings is 1. The summed E-state index contributed by atoms with van der Waals surface area (Å²) in [5.74, 6) is 0.213. The number of hydrogen-bond acceptors (Lipinski definition) is 10. The summed E-state index contributed by atoms with van der Waals surface area (Å²) >= 11 is 10.5. The molecular formula is C46H54ClIN6O4S2. The van der Waals surface area contributed by atoms with Crippen molar-refractivity contribution in [2.45, 2.75) is 41.5 Å². The maximum Gasteiger partial charge on any atom is 0.264 e. The molecule has 60 heavy (non-hydrogen) atoms. The van der Waals surface area contributed by atoms with Crippen LogP contribution in [0.5, 0.6) is 0 Å². The molecule has 0 saturated carbocycles. The van der Waals surface area contributed by atoms with E-state index in [1.807, 2.05) is 42.5 Å². The summed E-state index contributed by atoms with van der Waals surface area (Å²) in [5.41, 5.74) is 6.91. The minimum atomic E-state index is -4.08. The lowest BCUT2D eigenvalue weighted by atomic mass is 9.67. The molecule has 3 fully saturated rings. The second-order valence-electron chi connectivity index (χ2n) is 16.5. The van der Waals surface area contributed by atoms with Crippen molar-refractivity contribution in [1.82, 2.24) is 17.6 Å². The first kappa shape index (κ1) is 43.5. The zero-order chi connectivity index (χ0) is 41.5. The fourth-order valence-corrected chi connectivity index (χ4v) is 12.4. The molecule has 10 nitrogen and oxygen atoms in total.